The third-order valence-electron chi connectivity index (χ3n) is 4.25. The number of nitrogens with one attached hydrogen (secondary N) is 1. The molecule has 1 heterocycles. The average Bonchev–Trinajstić information content (AvgIpc) is 2.58. The molecule has 0 aliphatic carbocycles. The summed E-state index contributed by atoms with van der Waals surface area (Å²) in [7, 11) is -2.04. The molecule has 0 atom stereocenters. The summed E-state index contributed by atoms with van der Waals surface area (Å²) in [4.78, 5) is 24.7. The smallest absolute Gasteiger partial charge is 0.261 e. The number of hydrogen-bond donors (Lipinski definition) is 1. The third kappa shape index (κ3) is 3.41. The fraction of sp³-hybridized carbons (Fsp3) is 0.222. The number of anilines is 2. The molecule has 0 aromatic heterocycles. The summed E-state index contributed by atoms with van der Waals surface area (Å²) in [6.07, 6.45) is 0.994. The van der Waals surface area contributed by atoms with Gasteiger partial charge >= 0.3 is 0 Å². The van der Waals surface area contributed by atoms with Crippen LogP contribution in [0.5, 0.6) is 0 Å². The van der Waals surface area contributed by atoms with Crippen LogP contribution < -0.4 is 9.62 Å². The van der Waals surface area contributed by atoms with E-state index in [2.05, 4.69) is 4.72 Å². The Morgan fingerprint density at radius 2 is 1.76 bits per heavy atom. The molecule has 0 unspecified atom stereocenters. The maximum atomic E-state index is 12.5. The van der Waals surface area contributed by atoms with E-state index in [0.717, 1.165) is 11.3 Å². The topological polar surface area (TPSA) is 83.5 Å². The van der Waals surface area contributed by atoms with Crippen LogP contribution in [0.3, 0.4) is 0 Å². The first-order valence-electron chi connectivity index (χ1n) is 7.81. The standard InChI is InChI=1S/C18H18N2O4S/c1-12(21)13-3-7-16(8-4-13)25(23,24)19-15-6-9-17-14(11-15)5-10-18(22)20(17)2/h3-4,6-9,11,19H,5,10H2,1-2H3. The third-order valence-corrected chi connectivity index (χ3v) is 5.64. The highest BCUT2D eigenvalue weighted by Crippen LogP contribution is 2.30. The molecule has 25 heavy (non-hydrogen) atoms. The molecule has 0 saturated carbocycles. The molecule has 3 rings (SSSR count). The fourth-order valence-corrected chi connectivity index (χ4v) is 3.85. The van der Waals surface area contributed by atoms with Gasteiger partial charge in [-0.25, -0.2) is 8.42 Å². The molecular formula is C18H18N2O4S. The van der Waals surface area contributed by atoms with E-state index in [4.69, 9.17) is 0 Å². The highest BCUT2D eigenvalue weighted by Gasteiger charge is 2.22. The van der Waals surface area contributed by atoms with Crippen LogP contribution >= 0.6 is 0 Å². The molecule has 1 amide bonds. The van der Waals surface area contributed by atoms with Crippen LogP contribution in [-0.4, -0.2) is 27.2 Å². The molecular weight excluding hydrogens is 340 g/mol. The second-order valence-corrected chi connectivity index (χ2v) is 7.66. The minimum Gasteiger partial charge on any atom is -0.315 e. The zero-order valence-electron chi connectivity index (χ0n) is 13.9. The lowest BCUT2D eigenvalue weighted by Crippen LogP contribution is -2.31. The van der Waals surface area contributed by atoms with E-state index >= 15 is 0 Å². The Hall–Kier alpha value is -2.67. The number of ketones is 1. The first kappa shape index (κ1) is 17.2. The number of carbonyl (C=O) groups excluding carboxylic acids is 2. The number of Topliss-reactive ketones (excluding diaryl/α,β-unsaturated/α-hetero) is 1. The minimum absolute atomic E-state index is 0.0476. The largest absolute Gasteiger partial charge is 0.315 e. The molecule has 0 saturated heterocycles. The van der Waals surface area contributed by atoms with Gasteiger partial charge in [0.15, 0.2) is 5.78 Å². The molecule has 1 aliphatic heterocycles. The fourth-order valence-electron chi connectivity index (χ4n) is 2.80. The number of rotatable bonds is 4. The van der Waals surface area contributed by atoms with Gasteiger partial charge in [-0.2, -0.15) is 0 Å². The average molecular weight is 358 g/mol. The van der Waals surface area contributed by atoms with Gasteiger partial charge in [0.1, 0.15) is 0 Å². The Morgan fingerprint density at radius 1 is 1.08 bits per heavy atom. The Morgan fingerprint density at radius 3 is 2.40 bits per heavy atom. The van der Waals surface area contributed by atoms with Crippen molar-refractivity contribution in [2.45, 2.75) is 24.7 Å². The molecule has 0 radical (unpaired) electrons. The number of benzene rings is 2. The number of fused-ring (bicyclic) bond motifs is 1. The Kier molecular flexibility index (Phi) is 4.34. The first-order chi connectivity index (χ1) is 11.8. The van der Waals surface area contributed by atoms with E-state index in [1.165, 1.54) is 31.2 Å². The first-order valence-corrected chi connectivity index (χ1v) is 9.29. The summed E-state index contributed by atoms with van der Waals surface area (Å²) >= 11 is 0. The number of amides is 1. The van der Waals surface area contributed by atoms with E-state index in [0.29, 0.717) is 24.1 Å². The summed E-state index contributed by atoms with van der Waals surface area (Å²) in [5, 5.41) is 0. The molecule has 2 aromatic rings. The lowest BCUT2D eigenvalue weighted by Gasteiger charge is -2.26. The van der Waals surface area contributed by atoms with E-state index < -0.39 is 10.0 Å². The molecule has 130 valence electrons. The minimum atomic E-state index is -3.75. The van der Waals surface area contributed by atoms with Gasteiger partial charge in [0, 0.05) is 30.4 Å². The second kappa shape index (κ2) is 6.33. The Balaban J connectivity index is 1.86. The Labute approximate surface area is 146 Å². The summed E-state index contributed by atoms with van der Waals surface area (Å²) in [6, 6.07) is 10.9. The van der Waals surface area contributed by atoms with Crippen molar-refractivity contribution in [3.63, 3.8) is 0 Å². The molecule has 6 nitrogen and oxygen atoms in total. The predicted octanol–water partition coefficient (Wildman–Crippen LogP) is 2.60. The Bertz CT molecular complexity index is 950. The van der Waals surface area contributed by atoms with Crippen molar-refractivity contribution < 1.29 is 18.0 Å². The van der Waals surface area contributed by atoms with Crippen LogP contribution in [0, 0.1) is 0 Å². The zero-order valence-corrected chi connectivity index (χ0v) is 14.8. The monoisotopic (exact) mass is 358 g/mol. The number of nitrogens with zero attached hydrogens (tertiary/aromatic N) is 1. The van der Waals surface area contributed by atoms with Crippen LogP contribution in [-0.2, 0) is 21.2 Å². The molecule has 7 heteroatoms. The van der Waals surface area contributed by atoms with Crippen molar-refractivity contribution >= 4 is 33.1 Å². The molecule has 0 spiro atoms. The van der Waals surface area contributed by atoms with Crippen LogP contribution in [0.4, 0.5) is 11.4 Å². The normalized spacial score (nSPS) is 14.2. The van der Waals surface area contributed by atoms with Crippen molar-refractivity contribution in [2.24, 2.45) is 0 Å². The van der Waals surface area contributed by atoms with Gasteiger partial charge in [-0.1, -0.05) is 12.1 Å². The van der Waals surface area contributed by atoms with Crippen molar-refractivity contribution in [3.05, 3.63) is 53.6 Å². The SMILES string of the molecule is CC(=O)c1ccc(S(=O)(=O)Nc2ccc3c(c2)CCC(=O)N3C)cc1. The maximum Gasteiger partial charge on any atom is 0.261 e. The van der Waals surface area contributed by atoms with E-state index in [9.17, 15) is 18.0 Å². The van der Waals surface area contributed by atoms with Gasteiger partial charge in [-0.05, 0) is 49.2 Å². The van der Waals surface area contributed by atoms with E-state index in [-0.39, 0.29) is 16.6 Å². The van der Waals surface area contributed by atoms with Crippen LogP contribution in [0.25, 0.3) is 0 Å². The van der Waals surface area contributed by atoms with Gasteiger partial charge in [0.2, 0.25) is 5.91 Å². The van der Waals surface area contributed by atoms with Gasteiger partial charge in [0.05, 0.1) is 4.90 Å². The van der Waals surface area contributed by atoms with Crippen molar-refractivity contribution in [1.29, 1.82) is 0 Å². The molecule has 0 fully saturated rings. The number of sulfonamides is 1. The summed E-state index contributed by atoms with van der Waals surface area (Å²) in [5.41, 5.74) is 2.62. The maximum absolute atomic E-state index is 12.5. The number of hydrogen-bond acceptors (Lipinski definition) is 4. The molecule has 1 N–H and O–H groups in total. The molecule has 2 aromatic carbocycles. The number of carbonyl (C=O) groups is 2. The van der Waals surface area contributed by atoms with Gasteiger partial charge in [0.25, 0.3) is 10.0 Å². The summed E-state index contributed by atoms with van der Waals surface area (Å²) < 4.78 is 27.6. The lowest BCUT2D eigenvalue weighted by atomic mass is 10.0. The van der Waals surface area contributed by atoms with Crippen LogP contribution in [0.1, 0.15) is 29.3 Å². The lowest BCUT2D eigenvalue weighted by molar-refractivity contribution is -0.118. The quantitative estimate of drug-likeness (QED) is 0.852. The second-order valence-electron chi connectivity index (χ2n) is 5.98. The van der Waals surface area contributed by atoms with Crippen molar-refractivity contribution in [2.75, 3.05) is 16.7 Å². The van der Waals surface area contributed by atoms with Gasteiger partial charge < -0.3 is 4.90 Å². The van der Waals surface area contributed by atoms with Gasteiger partial charge in [-0.15, -0.1) is 0 Å². The van der Waals surface area contributed by atoms with Crippen LogP contribution in [0.15, 0.2) is 47.4 Å². The molecule has 0 bridgehead atoms. The van der Waals surface area contributed by atoms with Crippen molar-refractivity contribution in [1.82, 2.24) is 0 Å². The highest BCUT2D eigenvalue weighted by atomic mass is 32.2. The van der Waals surface area contributed by atoms with E-state index in [1.807, 2.05) is 0 Å². The van der Waals surface area contributed by atoms with Gasteiger partial charge in [-0.3, -0.25) is 14.3 Å². The highest BCUT2D eigenvalue weighted by molar-refractivity contribution is 7.92. The zero-order chi connectivity index (χ0) is 18.2. The van der Waals surface area contributed by atoms with Crippen LogP contribution in [0.2, 0.25) is 0 Å². The van der Waals surface area contributed by atoms with Crippen molar-refractivity contribution in [3.8, 4) is 0 Å². The predicted molar refractivity (Wildman–Crippen MR) is 95.4 cm³/mol. The van der Waals surface area contributed by atoms with E-state index in [1.54, 1.807) is 30.1 Å². The number of aryl methyl sites for hydroxylation is 1. The summed E-state index contributed by atoms with van der Waals surface area (Å²) in [5.74, 6) is -0.0725. The molecule has 1 aliphatic rings. The summed E-state index contributed by atoms with van der Waals surface area (Å²) in [6.45, 7) is 1.43.